The van der Waals surface area contributed by atoms with E-state index in [1.165, 1.54) is 25.5 Å². The summed E-state index contributed by atoms with van der Waals surface area (Å²) in [6.07, 6.45) is 8.77. The SMILES string of the molecule is CS(=O)(=O)NCCC1(CCO)CCCCC1. The minimum Gasteiger partial charge on any atom is -0.396 e. The van der Waals surface area contributed by atoms with Gasteiger partial charge in [0.15, 0.2) is 0 Å². The number of aliphatic hydroxyl groups excluding tert-OH is 1. The molecule has 1 aliphatic carbocycles. The topological polar surface area (TPSA) is 66.4 Å². The van der Waals surface area contributed by atoms with Gasteiger partial charge < -0.3 is 5.11 Å². The van der Waals surface area contributed by atoms with Crippen LogP contribution in [0.5, 0.6) is 0 Å². The van der Waals surface area contributed by atoms with Crippen LogP contribution in [0.15, 0.2) is 0 Å². The summed E-state index contributed by atoms with van der Waals surface area (Å²) in [5.41, 5.74) is 0.171. The molecule has 0 bridgehead atoms. The fourth-order valence-electron chi connectivity index (χ4n) is 2.67. The highest BCUT2D eigenvalue weighted by Crippen LogP contribution is 2.41. The molecule has 0 aliphatic heterocycles. The average Bonchev–Trinajstić information content (AvgIpc) is 2.17. The van der Waals surface area contributed by atoms with Crippen molar-refractivity contribution in [3.05, 3.63) is 0 Å². The van der Waals surface area contributed by atoms with Gasteiger partial charge in [0.2, 0.25) is 10.0 Å². The van der Waals surface area contributed by atoms with E-state index in [4.69, 9.17) is 5.11 Å². The monoisotopic (exact) mass is 249 g/mol. The predicted octanol–water partition coefficient (Wildman–Crippen LogP) is 1.26. The van der Waals surface area contributed by atoms with Crippen molar-refractivity contribution >= 4 is 10.0 Å². The first kappa shape index (κ1) is 13.9. The highest BCUT2D eigenvalue weighted by atomic mass is 32.2. The van der Waals surface area contributed by atoms with Crippen molar-refractivity contribution in [3.63, 3.8) is 0 Å². The lowest BCUT2D eigenvalue weighted by atomic mass is 9.70. The van der Waals surface area contributed by atoms with Crippen LogP contribution in [0.2, 0.25) is 0 Å². The van der Waals surface area contributed by atoms with Gasteiger partial charge in [-0.25, -0.2) is 13.1 Å². The van der Waals surface area contributed by atoms with E-state index < -0.39 is 10.0 Å². The first-order valence-electron chi connectivity index (χ1n) is 6.03. The van der Waals surface area contributed by atoms with E-state index >= 15 is 0 Å². The van der Waals surface area contributed by atoms with Gasteiger partial charge in [-0.05, 0) is 31.1 Å². The van der Waals surface area contributed by atoms with E-state index in [2.05, 4.69) is 4.72 Å². The lowest BCUT2D eigenvalue weighted by Gasteiger charge is -2.37. The molecular weight excluding hydrogens is 226 g/mol. The van der Waals surface area contributed by atoms with Crippen LogP contribution in [0.1, 0.15) is 44.9 Å². The second kappa shape index (κ2) is 5.98. The molecule has 4 nitrogen and oxygen atoms in total. The second-order valence-electron chi connectivity index (χ2n) is 4.95. The molecule has 16 heavy (non-hydrogen) atoms. The van der Waals surface area contributed by atoms with Crippen LogP contribution in [0.3, 0.4) is 0 Å². The maximum Gasteiger partial charge on any atom is 0.208 e. The number of aliphatic hydroxyl groups is 1. The van der Waals surface area contributed by atoms with Crippen molar-refractivity contribution in [2.24, 2.45) is 5.41 Å². The Hall–Kier alpha value is -0.130. The third-order valence-electron chi connectivity index (χ3n) is 3.58. The Kier molecular flexibility index (Phi) is 5.21. The zero-order valence-corrected chi connectivity index (χ0v) is 10.9. The predicted molar refractivity (Wildman–Crippen MR) is 64.7 cm³/mol. The molecule has 1 aliphatic rings. The van der Waals surface area contributed by atoms with Crippen LogP contribution in [0.4, 0.5) is 0 Å². The number of hydrogen-bond donors (Lipinski definition) is 2. The first-order chi connectivity index (χ1) is 7.47. The number of hydrogen-bond acceptors (Lipinski definition) is 3. The van der Waals surface area contributed by atoms with E-state index in [-0.39, 0.29) is 12.0 Å². The molecule has 0 spiro atoms. The first-order valence-corrected chi connectivity index (χ1v) is 7.92. The third-order valence-corrected chi connectivity index (χ3v) is 4.30. The summed E-state index contributed by atoms with van der Waals surface area (Å²) < 4.78 is 24.5. The summed E-state index contributed by atoms with van der Waals surface area (Å²) in [5.74, 6) is 0. The number of nitrogens with one attached hydrogen (secondary N) is 1. The molecule has 0 unspecified atom stereocenters. The molecule has 2 N–H and O–H groups in total. The standard InChI is InChI=1S/C11H23NO3S/c1-16(14,15)12-9-7-11(8-10-13)5-3-2-4-6-11/h12-13H,2-10H2,1H3. The number of sulfonamides is 1. The molecule has 0 aromatic carbocycles. The average molecular weight is 249 g/mol. The van der Waals surface area contributed by atoms with Crippen LogP contribution in [-0.4, -0.2) is 32.9 Å². The molecule has 1 fully saturated rings. The zero-order valence-electron chi connectivity index (χ0n) is 10.0. The van der Waals surface area contributed by atoms with Crippen LogP contribution in [0, 0.1) is 5.41 Å². The van der Waals surface area contributed by atoms with Crippen molar-refractivity contribution < 1.29 is 13.5 Å². The Morgan fingerprint density at radius 2 is 1.81 bits per heavy atom. The van der Waals surface area contributed by atoms with Crippen molar-refractivity contribution in [3.8, 4) is 0 Å². The van der Waals surface area contributed by atoms with Crippen molar-refractivity contribution in [2.45, 2.75) is 44.9 Å². The van der Waals surface area contributed by atoms with Gasteiger partial charge in [0.05, 0.1) is 6.26 Å². The van der Waals surface area contributed by atoms with Gasteiger partial charge in [-0.15, -0.1) is 0 Å². The number of rotatable bonds is 6. The smallest absolute Gasteiger partial charge is 0.208 e. The van der Waals surface area contributed by atoms with Crippen molar-refractivity contribution in [2.75, 3.05) is 19.4 Å². The van der Waals surface area contributed by atoms with Crippen LogP contribution >= 0.6 is 0 Å². The van der Waals surface area contributed by atoms with E-state index in [9.17, 15) is 8.42 Å². The molecule has 1 rings (SSSR count). The molecular formula is C11H23NO3S. The maximum absolute atomic E-state index is 11.0. The summed E-state index contributed by atoms with van der Waals surface area (Å²) in [4.78, 5) is 0. The molecule has 0 heterocycles. The zero-order chi connectivity index (χ0) is 12.1. The van der Waals surface area contributed by atoms with Gasteiger partial charge in [0.1, 0.15) is 0 Å². The van der Waals surface area contributed by atoms with E-state index in [1.807, 2.05) is 0 Å². The molecule has 96 valence electrons. The lowest BCUT2D eigenvalue weighted by Crippen LogP contribution is -2.32. The van der Waals surface area contributed by atoms with Gasteiger partial charge in [-0.1, -0.05) is 19.3 Å². The molecule has 0 amide bonds. The van der Waals surface area contributed by atoms with E-state index in [1.54, 1.807) is 0 Å². The van der Waals surface area contributed by atoms with E-state index in [0.717, 1.165) is 25.7 Å². The molecule has 1 saturated carbocycles. The Morgan fingerprint density at radius 1 is 1.19 bits per heavy atom. The van der Waals surface area contributed by atoms with Crippen LogP contribution in [0.25, 0.3) is 0 Å². The van der Waals surface area contributed by atoms with Crippen LogP contribution < -0.4 is 4.72 Å². The Labute approximate surface area is 98.5 Å². The van der Waals surface area contributed by atoms with E-state index in [0.29, 0.717) is 6.54 Å². The minimum absolute atomic E-state index is 0.171. The van der Waals surface area contributed by atoms with Gasteiger partial charge >= 0.3 is 0 Å². The molecule has 0 aromatic heterocycles. The van der Waals surface area contributed by atoms with Gasteiger partial charge in [-0.3, -0.25) is 0 Å². The Bertz CT molecular complexity index is 289. The summed E-state index contributed by atoms with van der Waals surface area (Å²) >= 11 is 0. The minimum atomic E-state index is -3.08. The van der Waals surface area contributed by atoms with Crippen molar-refractivity contribution in [1.82, 2.24) is 4.72 Å². The highest BCUT2D eigenvalue weighted by molar-refractivity contribution is 7.88. The maximum atomic E-state index is 11.0. The lowest BCUT2D eigenvalue weighted by molar-refractivity contribution is 0.120. The molecule has 0 radical (unpaired) electrons. The normalized spacial score (nSPS) is 20.9. The van der Waals surface area contributed by atoms with Crippen LogP contribution in [-0.2, 0) is 10.0 Å². The molecule has 0 atom stereocenters. The molecule has 0 aromatic rings. The van der Waals surface area contributed by atoms with Gasteiger partial charge in [-0.2, -0.15) is 0 Å². The Balaban J connectivity index is 2.44. The highest BCUT2D eigenvalue weighted by Gasteiger charge is 2.30. The largest absolute Gasteiger partial charge is 0.396 e. The summed E-state index contributed by atoms with van der Waals surface area (Å²) in [7, 11) is -3.08. The fraction of sp³-hybridized carbons (Fsp3) is 1.00. The summed E-state index contributed by atoms with van der Waals surface area (Å²) in [6, 6.07) is 0. The quantitative estimate of drug-likeness (QED) is 0.744. The molecule has 0 saturated heterocycles. The molecule has 5 heteroatoms. The van der Waals surface area contributed by atoms with Crippen molar-refractivity contribution in [1.29, 1.82) is 0 Å². The van der Waals surface area contributed by atoms with Gasteiger partial charge in [0, 0.05) is 13.2 Å². The second-order valence-corrected chi connectivity index (χ2v) is 6.78. The summed E-state index contributed by atoms with van der Waals surface area (Å²) in [5, 5.41) is 9.10. The van der Waals surface area contributed by atoms with Gasteiger partial charge in [0.25, 0.3) is 0 Å². The summed E-state index contributed by atoms with van der Waals surface area (Å²) in [6.45, 7) is 0.706. The Morgan fingerprint density at radius 3 is 2.31 bits per heavy atom. The third kappa shape index (κ3) is 4.80. The fourth-order valence-corrected chi connectivity index (χ4v) is 3.14.